The number of likely N-dealkylation sites (tertiary alicyclic amines) is 1. The van der Waals surface area contributed by atoms with Crippen molar-refractivity contribution in [2.24, 2.45) is 11.8 Å². The van der Waals surface area contributed by atoms with Crippen LogP contribution in [0.15, 0.2) is 0 Å². The maximum atomic E-state index is 11.8. The lowest BCUT2D eigenvalue weighted by Gasteiger charge is -2.20. The lowest BCUT2D eigenvalue weighted by Crippen LogP contribution is -2.34. The van der Waals surface area contributed by atoms with Crippen LogP contribution in [0.5, 0.6) is 0 Å². The van der Waals surface area contributed by atoms with E-state index in [0.717, 1.165) is 25.9 Å². The Bertz CT molecular complexity index is 203. The molecule has 1 heterocycles. The van der Waals surface area contributed by atoms with Crippen LogP contribution in [0.2, 0.25) is 0 Å². The monoisotopic (exact) mass is 199 g/mol. The number of carbonyl (C=O) groups excluding carboxylic acids is 1. The molecule has 82 valence electrons. The van der Waals surface area contributed by atoms with E-state index in [4.69, 9.17) is 0 Å². The van der Waals surface area contributed by atoms with Gasteiger partial charge in [-0.05, 0) is 19.8 Å². The third-order valence-electron chi connectivity index (χ3n) is 3.25. The van der Waals surface area contributed by atoms with Crippen LogP contribution >= 0.6 is 0 Å². The standard InChI is InChI=1S/C11H21NO2/c1-4-8(2)11(14)12-6-5-10(7-12)9(3)13/h8-10,13H,4-7H2,1-3H3. The number of amides is 1. The number of nitrogens with zero attached hydrogens (tertiary/aromatic N) is 1. The van der Waals surface area contributed by atoms with E-state index < -0.39 is 0 Å². The molecule has 1 amide bonds. The van der Waals surface area contributed by atoms with Crippen molar-refractivity contribution in [3.8, 4) is 0 Å². The van der Waals surface area contributed by atoms with Crippen LogP contribution in [-0.2, 0) is 4.79 Å². The lowest BCUT2D eigenvalue weighted by atomic mass is 10.0. The molecule has 0 saturated carbocycles. The molecule has 1 aliphatic heterocycles. The maximum Gasteiger partial charge on any atom is 0.225 e. The first kappa shape index (κ1) is 11.5. The molecule has 0 aromatic carbocycles. The van der Waals surface area contributed by atoms with Gasteiger partial charge in [-0.25, -0.2) is 0 Å². The minimum atomic E-state index is -0.287. The highest BCUT2D eigenvalue weighted by Gasteiger charge is 2.30. The molecule has 1 N–H and O–H groups in total. The first-order valence-electron chi connectivity index (χ1n) is 5.53. The van der Waals surface area contributed by atoms with Crippen molar-refractivity contribution in [1.29, 1.82) is 0 Å². The molecule has 3 heteroatoms. The van der Waals surface area contributed by atoms with Gasteiger partial charge in [0.1, 0.15) is 0 Å². The van der Waals surface area contributed by atoms with Crippen molar-refractivity contribution in [3.63, 3.8) is 0 Å². The Balaban J connectivity index is 2.45. The highest BCUT2D eigenvalue weighted by molar-refractivity contribution is 5.78. The van der Waals surface area contributed by atoms with Gasteiger partial charge in [-0.3, -0.25) is 4.79 Å². The van der Waals surface area contributed by atoms with Gasteiger partial charge in [0, 0.05) is 24.9 Å². The molecule has 0 aliphatic carbocycles. The van der Waals surface area contributed by atoms with Crippen LogP contribution in [0, 0.1) is 11.8 Å². The summed E-state index contributed by atoms with van der Waals surface area (Å²) in [5, 5.41) is 9.41. The summed E-state index contributed by atoms with van der Waals surface area (Å²) in [6.45, 7) is 7.37. The largest absolute Gasteiger partial charge is 0.393 e. The van der Waals surface area contributed by atoms with Gasteiger partial charge >= 0.3 is 0 Å². The Hall–Kier alpha value is -0.570. The Kier molecular flexibility index (Phi) is 3.93. The van der Waals surface area contributed by atoms with Crippen molar-refractivity contribution in [3.05, 3.63) is 0 Å². The van der Waals surface area contributed by atoms with E-state index in [1.54, 1.807) is 0 Å². The lowest BCUT2D eigenvalue weighted by molar-refractivity contribution is -0.134. The van der Waals surface area contributed by atoms with Crippen LogP contribution in [-0.4, -0.2) is 35.1 Å². The second-order valence-corrected chi connectivity index (χ2v) is 4.38. The average molecular weight is 199 g/mol. The molecule has 0 spiro atoms. The summed E-state index contributed by atoms with van der Waals surface area (Å²) in [7, 11) is 0. The summed E-state index contributed by atoms with van der Waals surface area (Å²) in [5.74, 6) is 0.654. The maximum absolute atomic E-state index is 11.8. The molecule has 1 aliphatic rings. The third-order valence-corrected chi connectivity index (χ3v) is 3.25. The quantitative estimate of drug-likeness (QED) is 0.743. The second-order valence-electron chi connectivity index (χ2n) is 4.38. The Morgan fingerprint density at radius 2 is 2.21 bits per heavy atom. The fourth-order valence-electron chi connectivity index (χ4n) is 1.87. The zero-order valence-corrected chi connectivity index (χ0v) is 9.36. The van der Waals surface area contributed by atoms with E-state index in [2.05, 4.69) is 0 Å². The zero-order chi connectivity index (χ0) is 10.7. The summed E-state index contributed by atoms with van der Waals surface area (Å²) in [6.07, 6.45) is 1.55. The molecule has 1 rings (SSSR count). The molecule has 14 heavy (non-hydrogen) atoms. The van der Waals surface area contributed by atoms with Crippen LogP contribution in [0.1, 0.15) is 33.6 Å². The summed E-state index contributed by atoms with van der Waals surface area (Å²) >= 11 is 0. The number of aliphatic hydroxyl groups is 1. The average Bonchev–Trinajstić information content (AvgIpc) is 2.64. The van der Waals surface area contributed by atoms with E-state index in [0.29, 0.717) is 0 Å². The van der Waals surface area contributed by atoms with E-state index >= 15 is 0 Å². The van der Waals surface area contributed by atoms with E-state index in [1.807, 2.05) is 25.7 Å². The van der Waals surface area contributed by atoms with E-state index in [-0.39, 0.29) is 23.8 Å². The topological polar surface area (TPSA) is 40.5 Å². The van der Waals surface area contributed by atoms with E-state index in [1.165, 1.54) is 0 Å². The highest BCUT2D eigenvalue weighted by Crippen LogP contribution is 2.21. The fourth-order valence-corrected chi connectivity index (χ4v) is 1.87. The Morgan fingerprint density at radius 3 is 2.64 bits per heavy atom. The normalized spacial score (nSPS) is 26.3. The number of hydrogen-bond acceptors (Lipinski definition) is 2. The summed E-state index contributed by atoms with van der Waals surface area (Å²) in [5.41, 5.74) is 0. The van der Waals surface area contributed by atoms with Gasteiger partial charge in [-0.2, -0.15) is 0 Å². The number of carbonyl (C=O) groups is 1. The van der Waals surface area contributed by atoms with Crippen molar-refractivity contribution in [2.75, 3.05) is 13.1 Å². The Morgan fingerprint density at radius 1 is 1.57 bits per heavy atom. The van der Waals surface area contributed by atoms with Crippen molar-refractivity contribution < 1.29 is 9.90 Å². The summed E-state index contributed by atoms with van der Waals surface area (Å²) < 4.78 is 0. The number of rotatable bonds is 3. The first-order valence-corrected chi connectivity index (χ1v) is 5.53. The molecule has 0 bridgehead atoms. The van der Waals surface area contributed by atoms with Crippen LogP contribution in [0.4, 0.5) is 0 Å². The van der Waals surface area contributed by atoms with Crippen LogP contribution < -0.4 is 0 Å². The molecular formula is C11H21NO2. The molecule has 3 nitrogen and oxygen atoms in total. The van der Waals surface area contributed by atoms with Crippen LogP contribution in [0.3, 0.4) is 0 Å². The summed E-state index contributed by atoms with van der Waals surface area (Å²) in [6, 6.07) is 0. The molecule has 0 aromatic heterocycles. The third kappa shape index (κ3) is 2.47. The smallest absolute Gasteiger partial charge is 0.225 e. The van der Waals surface area contributed by atoms with Gasteiger partial charge in [0.15, 0.2) is 0 Å². The van der Waals surface area contributed by atoms with Gasteiger partial charge in [0.25, 0.3) is 0 Å². The SMILES string of the molecule is CCC(C)C(=O)N1CCC(C(C)O)C1. The predicted molar refractivity (Wildman–Crippen MR) is 55.8 cm³/mol. The van der Waals surface area contributed by atoms with Crippen LogP contribution in [0.25, 0.3) is 0 Å². The molecule has 1 fully saturated rings. The number of hydrogen-bond donors (Lipinski definition) is 1. The van der Waals surface area contributed by atoms with Gasteiger partial charge in [0.2, 0.25) is 5.91 Å². The first-order chi connectivity index (χ1) is 6.56. The highest BCUT2D eigenvalue weighted by atomic mass is 16.3. The molecule has 1 saturated heterocycles. The summed E-state index contributed by atoms with van der Waals surface area (Å²) in [4.78, 5) is 13.7. The van der Waals surface area contributed by atoms with Crippen molar-refractivity contribution in [1.82, 2.24) is 4.90 Å². The second kappa shape index (κ2) is 4.78. The predicted octanol–water partition coefficient (Wildman–Crippen LogP) is 1.26. The fraction of sp³-hybridized carbons (Fsp3) is 0.909. The van der Waals surface area contributed by atoms with Gasteiger partial charge in [-0.15, -0.1) is 0 Å². The molecule has 3 unspecified atom stereocenters. The molecule has 0 aromatic rings. The van der Waals surface area contributed by atoms with Crippen molar-refractivity contribution >= 4 is 5.91 Å². The number of aliphatic hydroxyl groups excluding tert-OH is 1. The minimum absolute atomic E-state index is 0.128. The molecule has 0 radical (unpaired) electrons. The molecule has 3 atom stereocenters. The van der Waals surface area contributed by atoms with Gasteiger partial charge in [-0.1, -0.05) is 13.8 Å². The van der Waals surface area contributed by atoms with Gasteiger partial charge in [0.05, 0.1) is 6.10 Å². The Labute approximate surface area is 86.1 Å². The van der Waals surface area contributed by atoms with Crippen molar-refractivity contribution in [2.45, 2.75) is 39.7 Å². The van der Waals surface area contributed by atoms with Gasteiger partial charge < -0.3 is 10.0 Å². The zero-order valence-electron chi connectivity index (χ0n) is 9.36. The minimum Gasteiger partial charge on any atom is -0.393 e. The molecular weight excluding hydrogens is 178 g/mol. The van der Waals surface area contributed by atoms with E-state index in [9.17, 15) is 9.90 Å².